The summed E-state index contributed by atoms with van der Waals surface area (Å²) in [5.74, 6) is -0.541. The monoisotopic (exact) mass is 318 g/mol. The molecule has 3 fully saturated rings. The maximum absolute atomic E-state index is 11.9. The van der Waals surface area contributed by atoms with E-state index in [1.54, 1.807) is 4.90 Å². The molecule has 1 saturated carbocycles. The Balaban J connectivity index is 1.60. The molecule has 2 aliphatic heterocycles. The van der Waals surface area contributed by atoms with E-state index in [-0.39, 0.29) is 17.6 Å². The normalized spacial score (nSPS) is 28.0. The highest BCUT2D eigenvalue weighted by molar-refractivity contribution is 5.90. The zero-order valence-corrected chi connectivity index (χ0v) is 13.3. The van der Waals surface area contributed by atoms with Gasteiger partial charge in [-0.1, -0.05) is 12.1 Å². The average molecular weight is 318 g/mol. The summed E-state index contributed by atoms with van der Waals surface area (Å²) in [7, 11) is 0. The summed E-state index contributed by atoms with van der Waals surface area (Å²) in [6.07, 6.45) is 1.78. The van der Waals surface area contributed by atoms with Gasteiger partial charge in [-0.15, -0.1) is 0 Å². The van der Waals surface area contributed by atoms with Gasteiger partial charge in [0.05, 0.1) is 19.3 Å². The standard InChI is InChI=1S/C17H22N2O4/c1-16(22-8-9-23-16)17(6-7-17)12-2-4-13(5-3-12)19-14(10-18)11-21-15(19)20/h2-5,14H,6-11,18H2,1H3/t14-/m0/s1. The average Bonchev–Trinajstić information content (AvgIpc) is 3.14. The summed E-state index contributed by atoms with van der Waals surface area (Å²) >= 11 is 0. The zero-order chi connectivity index (χ0) is 16.1. The van der Waals surface area contributed by atoms with Crippen LogP contribution < -0.4 is 10.6 Å². The van der Waals surface area contributed by atoms with Gasteiger partial charge >= 0.3 is 6.09 Å². The van der Waals surface area contributed by atoms with Crippen LogP contribution in [0.3, 0.4) is 0 Å². The van der Waals surface area contributed by atoms with Crippen LogP contribution in [0.4, 0.5) is 10.5 Å². The third kappa shape index (κ3) is 2.16. The predicted molar refractivity (Wildman–Crippen MR) is 84.3 cm³/mol. The van der Waals surface area contributed by atoms with Crippen molar-refractivity contribution < 1.29 is 19.0 Å². The minimum atomic E-state index is -0.541. The third-order valence-corrected chi connectivity index (χ3v) is 5.39. The highest BCUT2D eigenvalue weighted by atomic mass is 16.7. The van der Waals surface area contributed by atoms with E-state index in [9.17, 15) is 4.79 Å². The molecule has 1 atom stereocenters. The lowest BCUT2D eigenvalue weighted by Crippen LogP contribution is -2.41. The molecule has 1 aliphatic carbocycles. The molecule has 0 unspecified atom stereocenters. The molecule has 2 saturated heterocycles. The van der Waals surface area contributed by atoms with E-state index in [1.165, 1.54) is 5.56 Å². The largest absolute Gasteiger partial charge is 0.447 e. The number of cyclic esters (lactones) is 1. The minimum absolute atomic E-state index is 0.0686. The first-order valence-corrected chi connectivity index (χ1v) is 8.14. The number of hydrogen-bond donors (Lipinski definition) is 1. The third-order valence-electron chi connectivity index (χ3n) is 5.39. The molecule has 0 radical (unpaired) electrons. The van der Waals surface area contributed by atoms with Gasteiger partial charge < -0.3 is 19.9 Å². The topological polar surface area (TPSA) is 74.0 Å². The molecule has 23 heavy (non-hydrogen) atoms. The Morgan fingerprint density at radius 1 is 1.22 bits per heavy atom. The van der Waals surface area contributed by atoms with E-state index < -0.39 is 5.79 Å². The Bertz CT molecular complexity index is 606. The quantitative estimate of drug-likeness (QED) is 0.916. The maximum Gasteiger partial charge on any atom is 0.414 e. The molecule has 3 aliphatic rings. The van der Waals surface area contributed by atoms with Crippen molar-refractivity contribution in [3.05, 3.63) is 29.8 Å². The lowest BCUT2D eigenvalue weighted by molar-refractivity contribution is -0.169. The minimum Gasteiger partial charge on any atom is -0.447 e. The van der Waals surface area contributed by atoms with Gasteiger partial charge in [0.25, 0.3) is 0 Å². The van der Waals surface area contributed by atoms with Crippen molar-refractivity contribution in [2.75, 3.05) is 31.3 Å². The van der Waals surface area contributed by atoms with Crippen molar-refractivity contribution in [1.29, 1.82) is 0 Å². The van der Waals surface area contributed by atoms with Crippen molar-refractivity contribution in [3.63, 3.8) is 0 Å². The van der Waals surface area contributed by atoms with Crippen LogP contribution in [-0.2, 0) is 19.6 Å². The zero-order valence-electron chi connectivity index (χ0n) is 13.3. The Hall–Kier alpha value is -1.63. The number of rotatable bonds is 4. The van der Waals surface area contributed by atoms with E-state index in [4.69, 9.17) is 19.9 Å². The van der Waals surface area contributed by atoms with Crippen LogP contribution in [0.15, 0.2) is 24.3 Å². The number of carbonyl (C=O) groups is 1. The summed E-state index contributed by atoms with van der Waals surface area (Å²) in [6, 6.07) is 7.96. The molecule has 6 nitrogen and oxygen atoms in total. The van der Waals surface area contributed by atoms with Crippen LogP contribution in [0.5, 0.6) is 0 Å². The number of anilines is 1. The highest BCUT2D eigenvalue weighted by Gasteiger charge is 2.61. The van der Waals surface area contributed by atoms with Gasteiger partial charge in [0.2, 0.25) is 0 Å². The maximum atomic E-state index is 11.9. The summed E-state index contributed by atoms with van der Waals surface area (Å²) in [4.78, 5) is 13.5. The van der Waals surface area contributed by atoms with Gasteiger partial charge in [0, 0.05) is 17.6 Å². The molecule has 0 bridgehead atoms. The first kappa shape index (κ1) is 14.9. The lowest BCUT2D eigenvalue weighted by atomic mass is 9.87. The molecule has 0 aromatic heterocycles. The van der Waals surface area contributed by atoms with Gasteiger partial charge in [0.15, 0.2) is 5.79 Å². The van der Waals surface area contributed by atoms with Crippen LogP contribution in [0.2, 0.25) is 0 Å². The summed E-state index contributed by atoms with van der Waals surface area (Å²) < 4.78 is 16.9. The molecule has 1 amide bonds. The van der Waals surface area contributed by atoms with E-state index in [0.717, 1.165) is 18.5 Å². The molecule has 2 heterocycles. The van der Waals surface area contributed by atoms with Gasteiger partial charge in [-0.3, -0.25) is 4.90 Å². The predicted octanol–water partition coefficient (Wildman–Crippen LogP) is 1.77. The second-order valence-corrected chi connectivity index (χ2v) is 6.61. The van der Waals surface area contributed by atoms with Crippen molar-refractivity contribution in [2.45, 2.75) is 37.0 Å². The molecular weight excluding hydrogens is 296 g/mol. The molecule has 2 N–H and O–H groups in total. The SMILES string of the molecule is CC1(C2(c3ccc(N4C(=O)OC[C@@H]4CN)cc3)CC2)OCCO1. The number of hydrogen-bond acceptors (Lipinski definition) is 5. The van der Waals surface area contributed by atoms with Crippen LogP contribution in [0, 0.1) is 0 Å². The molecule has 1 aromatic rings. The van der Waals surface area contributed by atoms with Gasteiger partial charge in [-0.25, -0.2) is 4.79 Å². The fraction of sp³-hybridized carbons (Fsp3) is 0.588. The van der Waals surface area contributed by atoms with Crippen molar-refractivity contribution in [1.82, 2.24) is 0 Å². The fourth-order valence-electron chi connectivity index (χ4n) is 3.81. The second-order valence-electron chi connectivity index (χ2n) is 6.61. The van der Waals surface area contributed by atoms with E-state index in [2.05, 4.69) is 12.1 Å². The van der Waals surface area contributed by atoms with Crippen molar-refractivity contribution in [2.24, 2.45) is 5.73 Å². The number of carbonyl (C=O) groups excluding carboxylic acids is 1. The Morgan fingerprint density at radius 2 is 1.87 bits per heavy atom. The lowest BCUT2D eigenvalue weighted by Gasteiger charge is -2.33. The second kappa shape index (κ2) is 5.19. The first-order valence-electron chi connectivity index (χ1n) is 8.14. The summed E-state index contributed by atoms with van der Waals surface area (Å²) in [5.41, 5.74) is 7.67. The van der Waals surface area contributed by atoms with Crippen LogP contribution in [0.25, 0.3) is 0 Å². The Labute approximate surface area is 135 Å². The molecule has 6 heteroatoms. The van der Waals surface area contributed by atoms with Crippen molar-refractivity contribution in [3.8, 4) is 0 Å². The summed E-state index contributed by atoms with van der Waals surface area (Å²) in [5, 5.41) is 0. The summed E-state index contributed by atoms with van der Waals surface area (Å²) in [6.45, 7) is 4.06. The molecule has 4 rings (SSSR count). The molecular formula is C17H22N2O4. The van der Waals surface area contributed by atoms with Gasteiger partial charge in [-0.2, -0.15) is 0 Å². The molecule has 1 aromatic carbocycles. The Morgan fingerprint density at radius 3 is 2.43 bits per heavy atom. The number of benzene rings is 1. The van der Waals surface area contributed by atoms with Crippen molar-refractivity contribution >= 4 is 11.8 Å². The van der Waals surface area contributed by atoms with Crippen LogP contribution >= 0.6 is 0 Å². The van der Waals surface area contributed by atoms with E-state index in [0.29, 0.717) is 26.4 Å². The smallest absolute Gasteiger partial charge is 0.414 e. The Kier molecular flexibility index (Phi) is 3.37. The molecule has 0 spiro atoms. The number of nitrogens with two attached hydrogens (primary N) is 1. The number of nitrogens with zero attached hydrogens (tertiary/aromatic N) is 1. The first-order chi connectivity index (χ1) is 11.1. The van der Waals surface area contributed by atoms with Gasteiger partial charge in [-0.05, 0) is 37.5 Å². The van der Waals surface area contributed by atoms with E-state index >= 15 is 0 Å². The molecule has 124 valence electrons. The van der Waals surface area contributed by atoms with E-state index in [1.807, 2.05) is 19.1 Å². The van der Waals surface area contributed by atoms with Crippen LogP contribution in [0.1, 0.15) is 25.3 Å². The van der Waals surface area contributed by atoms with Gasteiger partial charge in [0.1, 0.15) is 6.61 Å². The number of amides is 1. The van der Waals surface area contributed by atoms with Crippen LogP contribution in [-0.4, -0.2) is 44.3 Å². The highest BCUT2D eigenvalue weighted by Crippen LogP contribution is 2.58. The number of ether oxygens (including phenoxy) is 3. The fourth-order valence-corrected chi connectivity index (χ4v) is 3.81.